The molecule has 21 heavy (non-hydrogen) atoms. The number of methoxy groups -OCH3 is 1. The van der Waals surface area contributed by atoms with Crippen LogP contribution in [0.2, 0.25) is 10.0 Å². The second-order valence-electron chi connectivity index (χ2n) is 4.29. The van der Waals surface area contributed by atoms with Gasteiger partial charge in [-0.2, -0.15) is 0 Å². The molecule has 0 saturated heterocycles. The zero-order chi connectivity index (χ0) is 15.7. The third-order valence-corrected chi connectivity index (χ3v) is 3.10. The molecule has 1 amide bonds. The first-order valence-corrected chi connectivity index (χ1v) is 7.41. The maximum atomic E-state index is 11.5. The summed E-state index contributed by atoms with van der Waals surface area (Å²) in [5.41, 5.74) is 0.799. The van der Waals surface area contributed by atoms with Crippen LogP contribution in [0.3, 0.4) is 0 Å². The normalized spacial score (nSPS) is 10.5. The first-order valence-electron chi connectivity index (χ1n) is 6.65. The number of ether oxygens (including phenoxy) is 2. The van der Waals surface area contributed by atoms with Crippen molar-refractivity contribution in [3.63, 3.8) is 0 Å². The van der Waals surface area contributed by atoms with E-state index in [2.05, 4.69) is 10.6 Å². The lowest BCUT2D eigenvalue weighted by Gasteiger charge is -2.14. The van der Waals surface area contributed by atoms with Gasteiger partial charge in [-0.05, 0) is 19.1 Å². The molecular formula is C14H20Cl2N2O3. The lowest BCUT2D eigenvalue weighted by atomic mass is 10.2. The minimum Gasteiger partial charge on any atom is -0.482 e. The van der Waals surface area contributed by atoms with E-state index in [1.165, 1.54) is 0 Å². The summed E-state index contributed by atoms with van der Waals surface area (Å²) < 4.78 is 10.5. The fraction of sp³-hybridized carbons (Fsp3) is 0.500. The maximum Gasteiger partial charge on any atom is 0.257 e. The van der Waals surface area contributed by atoms with Crippen molar-refractivity contribution in [3.8, 4) is 5.75 Å². The molecule has 0 bridgehead atoms. The van der Waals surface area contributed by atoms with Crippen molar-refractivity contribution in [3.05, 3.63) is 27.7 Å². The molecule has 7 heteroatoms. The van der Waals surface area contributed by atoms with Crippen LogP contribution in [-0.2, 0) is 16.1 Å². The first kappa shape index (κ1) is 18.0. The smallest absolute Gasteiger partial charge is 0.257 e. The summed E-state index contributed by atoms with van der Waals surface area (Å²) >= 11 is 12.1. The molecule has 0 spiro atoms. The Labute approximate surface area is 134 Å². The molecule has 1 rings (SSSR count). The number of amides is 1. The van der Waals surface area contributed by atoms with Gasteiger partial charge < -0.3 is 20.1 Å². The van der Waals surface area contributed by atoms with E-state index in [-0.39, 0.29) is 12.5 Å². The van der Waals surface area contributed by atoms with Crippen molar-refractivity contribution in [1.82, 2.24) is 10.6 Å². The predicted molar refractivity (Wildman–Crippen MR) is 84.2 cm³/mol. The van der Waals surface area contributed by atoms with Crippen LogP contribution >= 0.6 is 23.2 Å². The number of hydrogen-bond donors (Lipinski definition) is 2. The van der Waals surface area contributed by atoms with Gasteiger partial charge in [0.1, 0.15) is 5.75 Å². The van der Waals surface area contributed by atoms with Gasteiger partial charge in [0.15, 0.2) is 6.61 Å². The van der Waals surface area contributed by atoms with Crippen LogP contribution in [0.25, 0.3) is 0 Å². The molecule has 0 fully saturated rings. The van der Waals surface area contributed by atoms with Gasteiger partial charge in [-0.1, -0.05) is 23.2 Å². The third kappa shape index (κ3) is 6.52. The Morgan fingerprint density at radius 3 is 2.76 bits per heavy atom. The highest BCUT2D eigenvalue weighted by molar-refractivity contribution is 6.35. The maximum absolute atomic E-state index is 11.5. The van der Waals surface area contributed by atoms with Crippen molar-refractivity contribution >= 4 is 29.1 Å². The van der Waals surface area contributed by atoms with Crippen LogP contribution in [0.5, 0.6) is 5.75 Å². The van der Waals surface area contributed by atoms with Crippen molar-refractivity contribution in [2.24, 2.45) is 0 Å². The molecular weight excluding hydrogens is 315 g/mol. The van der Waals surface area contributed by atoms with Crippen LogP contribution in [-0.4, -0.2) is 39.3 Å². The molecule has 1 aromatic rings. The molecule has 1 aromatic carbocycles. The van der Waals surface area contributed by atoms with Gasteiger partial charge in [-0.25, -0.2) is 0 Å². The van der Waals surface area contributed by atoms with E-state index in [1.807, 2.05) is 6.92 Å². The molecule has 0 radical (unpaired) electrons. The highest BCUT2D eigenvalue weighted by atomic mass is 35.5. The molecule has 0 heterocycles. The molecule has 5 nitrogen and oxygen atoms in total. The van der Waals surface area contributed by atoms with Crippen LogP contribution in [0.4, 0.5) is 0 Å². The Hall–Kier alpha value is -1.01. The quantitative estimate of drug-likeness (QED) is 0.680. The molecule has 0 aliphatic rings. The van der Waals surface area contributed by atoms with E-state index in [9.17, 15) is 4.79 Å². The first-order chi connectivity index (χ1) is 10.1. The summed E-state index contributed by atoms with van der Waals surface area (Å²) in [6.07, 6.45) is 0. The van der Waals surface area contributed by atoms with Gasteiger partial charge in [0, 0.05) is 37.3 Å². The van der Waals surface area contributed by atoms with E-state index in [4.69, 9.17) is 32.7 Å². The van der Waals surface area contributed by atoms with E-state index >= 15 is 0 Å². The summed E-state index contributed by atoms with van der Waals surface area (Å²) in [7, 11) is 1.64. The van der Waals surface area contributed by atoms with Crippen molar-refractivity contribution in [2.45, 2.75) is 13.5 Å². The Morgan fingerprint density at radius 1 is 1.33 bits per heavy atom. The number of benzene rings is 1. The molecule has 0 saturated carbocycles. The second-order valence-corrected chi connectivity index (χ2v) is 5.13. The Kier molecular flexibility index (Phi) is 8.45. The van der Waals surface area contributed by atoms with Gasteiger partial charge in [-0.15, -0.1) is 0 Å². The number of hydrogen-bond acceptors (Lipinski definition) is 4. The third-order valence-electron chi connectivity index (χ3n) is 2.61. The Bertz CT molecular complexity index is 470. The minimum atomic E-state index is -0.193. The molecule has 2 N–H and O–H groups in total. The summed E-state index contributed by atoms with van der Waals surface area (Å²) in [6.45, 7) is 4.13. The fourth-order valence-electron chi connectivity index (χ4n) is 1.69. The van der Waals surface area contributed by atoms with Gasteiger partial charge in [-0.3, -0.25) is 4.79 Å². The lowest BCUT2D eigenvalue weighted by Crippen LogP contribution is -2.28. The standard InChI is InChI=1S/C14H20Cl2N2O3/c1-3-18-13(19)9-21-14-10(8-17-4-5-20-2)6-11(15)7-12(14)16/h6-7,17H,3-5,8-9H2,1-2H3,(H,18,19). The van der Waals surface area contributed by atoms with Gasteiger partial charge in [0.25, 0.3) is 5.91 Å². The largest absolute Gasteiger partial charge is 0.482 e. The van der Waals surface area contributed by atoms with E-state index < -0.39 is 0 Å². The van der Waals surface area contributed by atoms with Crippen molar-refractivity contribution < 1.29 is 14.3 Å². The number of likely N-dealkylation sites (N-methyl/N-ethyl adjacent to an activating group) is 1. The highest BCUT2D eigenvalue weighted by Gasteiger charge is 2.12. The zero-order valence-electron chi connectivity index (χ0n) is 12.2. The van der Waals surface area contributed by atoms with E-state index in [0.29, 0.717) is 42.0 Å². The second kappa shape index (κ2) is 9.84. The average molecular weight is 335 g/mol. The van der Waals surface area contributed by atoms with Crippen LogP contribution < -0.4 is 15.4 Å². The highest BCUT2D eigenvalue weighted by Crippen LogP contribution is 2.32. The fourth-order valence-corrected chi connectivity index (χ4v) is 2.28. The van der Waals surface area contributed by atoms with Gasteiger partial charge in [0.05, 0.1) is 11.6 Å². The number of rotatable bonds is 9. The van der Waals surface area contributed by atoms with Crippen molar-refractivity contribution in [1.29, 1.82) is 0 Å². The van der Waals surface area contributed by atoms with Gasteiger partial charge >= 0.3 is 0 Å². The van der Waals surface area contributed by atoms with Crippen LogP contribution in [0.1, 0.15) is 12.5 Å². The van der Waals surface area contributed by atoms with E-state index in [0.717, 1.165) is 5.56 Å². The van der Waals surface area contributed by atoms with Crippen LogP contribution in [0.15, 0.2) is 12.1 Å². The SMILES string of the molecule is CCNC(=O)COc1c(Cl)cc(Cl)cc1CNCCOC. The summed E-state index contributed by atoms with van der Waals surface area (Å²) in [6, 6.07) is 3.36. The number of halogens is 2. The molecule has 0 aliphatic heterocycles. The topological polar surface area (TPSA) is 59.6 Å². The lowest BCUT2D eigenvalue weighted by molar-refractivity contribution is -0.122. The molecule has 0 unspecified atom stereocenters. The molecule has 0 aliphatic carbocycles. The summed E-state index contributed by atoms with van der Waals surface area (Å²) in [5, 5.41) is 6.75. The monoisotopic (exact) mass is 334 g/mol. The molecule has 118 valence electrons. The Morgan fingerprint density at radius 2 is 2.10 bits per heavy atom. The number of carbonyl (C=O) groups excluding carboxylic acids is 1. The Balaban J connectivity index is 2.72. The molecule has 0 aromatic heterocycles. The van der Waals surface area contributed by atoms with Crippen molar-refractivity contribution in [2.75, 3.05) is 33.4 Å². The predicted octanol–water partition coefficient (Wildman–Crippen LogP) is 2.24. The van der Waals surface area contributed by atoms with E-state index in [1.54, 1.807) is 19.2 Å². The molecule has 0 atom stereocenters. The van der Waals surface area contributed by atoms with Crippen LogP contribution in [0, 0.1) is 0 Å². The summed E-state index contributed by atoms with van der Waals surface area (Å²) in [4.78, 5) is 11.5. The number of carbonyl (C=O) groups is 1. The summed E-state index contributed by atoms with van der Waals surface area (Å²) in [5.74, 6) is 0.277. The average Bonchev–Trinajstić information content (AvgIpc) is 2.42. The zero-order valence-corrected chi connectivity index (χ0v) is 13.7. The van der Waals surface area contributed by atoms with Gasteiger partial charge in [0.2, 0.25) is 0 Å². The minimum absolute atomic E-state index is 0.0831. The number of nitrogens with one attached hydrogen (secondary N) is 2.